The van der Waals surface area contributed by atoms with E-state index in [9.17, 15) is 18.4 Å². The van der Waals surface area contributed by atoms with Crippen LogP contribution in [0, 0.1) is 11.8 Å². The number of imidazole rings is 1. The summed E-state index contributed by atoms with van der Waals surface area (Å²) in [6.45, 7) is 4.52. The first-order valence-corrected chi connectivity index (χ1v) is 14.2. The van der Waals surface area contributed by atoms with Crippen LogP contribution in [0.25, 0.3) is 16.9 Å². The van der Waals surface area contributed by atoms with E-state index in [0.29, 0.717) is 71.4 Å². The monoisotopic (exact) mass is 584 g/mol. The van der Waals surface area contributed by atoms with Gasteiger partial charge in [0.05, 0.1) is 37.8 Å². The fourth-order valence-corrected chi connectivity index (χ4v) is 6.18. The number of hydrogen-bond donors (Lipinski definition) is 2. The second-order valence-electron chi connectivity index (χ2n) is 10.9. The number of fused-ring (bicyclic) bond motifs is 2. The van der Waals surface area contributed by atoms with Gasteiger partial charge in [-0.1, -0.05) is 6.58 Å². The Hall–Kier alpha value is -4.14. The number of carbonyl (C=O) groups is 2. The minimum Gasteiger partial charge on any atom is -0.378 e. The van der Waals surface area contributed by atoms with Crippen molar-refractivity contribution in [2.24, 2.45) is 11.8 Å². The number of hydrogen-bond acceptors (Lipinski definition) is 9. The van der Waals surface area contributed by atoms with Gasteiger partial charge >= 0.3 is 6.55 Å². The SMILES string of the molecule is C=CC(=O)N1CCC2CC(NC(=O)CNc3nc(N4CCOCC4)nc4c3ncn4-c3cnn(C(F)F)c3)CCC2C1. The fourth-order valence-electron chi connectivity index (χ4n) is 6.18. The lowest BCUT2D eigenvalue weighted by molar-refractivity contribution is -0.129. The van der Waals surface area contributed by atoms with Gasteiger partial charge in [-0.15, -0.1) is 0 Å². The molecule has 3 aliphatic rings. The van der Waals surface area contributed by atoms with Crippen molar-refractivity contribution in [3.63, 3.8) is 0 Å². The lowest BCUT2D eigenvalue weighted by atomic mass is 9.73. The van der Waals surface area contributed by atoms with Crippen molar-refractivity contribution in [1.29, 1.82) is 0 Å². The van der Waals surface area contributed by atoms with E-state index in [1.807, 2.05) is 9.80 Å². The highest BCUT2D eigenvalue weighted by molar-refractivity contribution is 5.88. The predicted octanol–water partition coefficient (Wildman–Crippen LogP) is 1.97. The van der Waals surface area contributed by atoms with E-state index >= 15 is 0 Å². The number of halogens is 2. The van der Waals surface area contributed by atoms with Crippen molar-refractivity contribution in [2.75, 3.05) is 56.2 Å². The summed E-state index contributed by atoms with van der Waals surface area (Å²) >= 11 is 0. The molecule has 6 rings (SSSR count). The molecule has 5 heterocycles. The van der Waals surface area contributed by atoms with Crippen molar-refractivity contribution in [3.8, 4) is 5.69 Å². The molecule has 0 radical (unpaired) electrons. The van der Waals surface area contributed by atoms with Gasteiger partial charge in [0.25, 0.3) is 0 Å². The molecule has 0 spiro atoms. The topological polar surface area (TPSA) is 135 Å². The quantitative estimate of drug-likeness (QED) is 0.381. The molecule has 224 valence electrons. The zero-order valence-electron chi connectivity index (χ0n) is 23.2. The summed E-state index contributed by atoms with van der Waals surface area (Å²) in [4.78, 5) is 42.7. The molecule has 0 bridgehead atoms. The van der Waals surface area contributed by atoms with Crippen molar-refractivity contribution < 1.29 is 23.1 Å². The Bertz CT molecular complexity index is 1450. The molecule has 2 saturated heterocycles. The van der Waals surface area contributed by atoms with Crippen LogP contribution in [0.15, 0.2) is 31.4 Å². The maximum Gasteiger partial charge on any atom is 0.333 e. The number of anilines is 2. The molecule has 15 heteroatoms. The van der Waals surface area contributed by atoms with Crippen LogP contribution < -0.4 is 15.5 Å². The van der Waals surface area contributed by atoms with Crippen molar-refractivity contribution >= 4 is 34.7 Å². The van der Waals surface area contributed by atoms with E-state index in [2.05, 4.69) is 32.3 Å². The molecule has 3 unspecified atom stereocenters. The molecule has 1 saturated carbocycles. The van der Waals surface area contributed by atoms with Crippen LogP contribution in [0.2, 0.25) is 0 Å². The molecule has 3 atom stereocenters. The van der Waals surface area contributed by atoms with Gasteiger partial charge < -0.3 is 25.2 Å². The molecule has 2 amide bonds. The Balaban J connectivity index is 1.15. The second kappa shape index (κ2) is 12.0. The van der Waals surface area contributed by atoms with E-state index in [1.54, 1.807) is 4.57 Å². The van der Waals surface area contributed by atoms with E-state index < -0.39 is 6.55 Å². The maximum atomic E-state index is 13.2. The van der Waals surface area contributed by atoms with Gasteiger partial charge in [-0.3, -0.25) is 14.2 Å². The van der Waals surface area contributed by atoms with Crippen LogP contribution in [-0.4, -0.2) is 98.0 Å². The lowest BCUT2D eigenvalue weighted by Crippen LogP contribution is -2.49. The molecule has 13 nitrogen and oxygen atoms in total. The first-order valence-electron chi connectivity index (χ1n) is 14.2. The summed E-state index contributed by atoms with van der Waals surface area (Å²) in [5.41, 5.74) is 1.19. The van der Waals surface area contributed by atoms with Gasteiger partial charge in [-0.25, -0.2) is 9.67 Å². The number of piperidine rings is 1. The predicted molar refractivity (Wildman–Crippen MR) is 149 cm³/mol. The third-order valence-electron chi connectivity index (χ3n) is 8.38. The number of ether oxygens (including phenoxy) is 1. The minimum absolute atomic E-state index is 0.0152. The first kappa shape index (κ1) is 28.0. The molecule has 3 fully saturated rings. The highest BCUT2D eigenvalue weighted by Gasteiger charge is 2.36. The van der Waals surface area contributed by atoms with Crippen LogP contribution in [-0.2, 0) is 14.3 Å². The average Bonchev–Trinajstić information content (AvgIpc) is 3.67. The number of alkyl halides is 2. The van der Waals surface area contributed by atoms with E-state index in [0.717, 1.165) is 38.8 Å². The summed E-state index contributed by atoms with van der Waals surface area (Å²) in [6, 6.07) is 0.0714. The van der Waals surface area contributed by atoms with Crippen molar-refractivity contribution in [1.82, 2.24) is 39.5 Å². The van der Waals surface area contributed by atoms with E-state index in [1.165, 1.54) is 24.8 Å². The van der Waals surface area contributed by atoms with E-state index in [-0.39, 0.29) is 24.4 Å². The molecular formula is C27H34F2N10O3. The van der Waals surface area contributed by atoms with Gasteiger partial charge in [0.15, 0.2) is 17.0 Å². The smallest absolute Gasteiger partial charge is 0.333 e. The lowest BCUT2D eigenvalue weighted by Gasteiger charge is -2.43. The van der Waals surface area contributed by atoms with Crippen molar-refractivity contribution in [2.45, 2.75) is 38.3 Å². The molecule has 42 heavy (non-hydrogen) atoms. The Labute approximate surface area is 240 Å². The summed E-state index contributed by atoms with van der Waals surface area (Å²) in [6.07, 6.45) is 9.03. The maximum absolute atomic E-state index is 13.2. The number of carbonyl (C=O) groups excluding carboxylic acids is 2. The summed E-state index contributed by atoms with van der Waals surface area (Å²) in [5, 5.41) is 10.0. The molecular weight excluding hydrogens is 550 g/mol. The number of nitrogens with one attached hydrogen (secondary N) is 2. The second-order valence-corrected chi connectivity index (χ2v) is 10.9. The third kappa shape index (κ3) is 5.78. The van der Waals surface area contributed by atoms with Crippen LogP contribution in [0.5, 0.6) is 0 Å². The van der Waals surface area contributed by atoms with Crippen LogP contribution in [0.3, 0.4) is 0 Å². The molecule has 3 aromatic rings. The number of morpholine rings is 1. The first-order chi connectivity index (χ1) is 20.4. The highest BCUT2D eigenvalue weighted by atomic mass is 19.3. The number of rotatable bonds is 8. The normalized spacial score (nSPS) is 22.7. The number of nitrogens with zero attached hydrogens (tertiary/aromatic N) is 8. The van der Waals surface area contributed by atoms with E-state index in [4.69, 9.17) is 9.72 Å². The zero-order chi connectivity index (χ0) is 29.2. The summed E-state index contributed by atoms with van der Waals surface area (Å²) in [7, 11) is 0. The Morgan fingerprint density at radius 3 is 2.74 bits per heavy atom. The fraction of sp³-hybridized carbons (Fsp3) is 0.556. The highest BCUT2D eigenvalue weighted by Crippen LogP contribution is 2.36. The van der Waals surface area contributed by atoms with Crippen molar-refractivity contribution in [3.05, 3.63) is 31.4 Å². The molecule has 0 aromatic carbocycles. The number of amides is 2. The van der Waals surface area contributed by atoms with Gasteiger partial charge in [0.1, 0.15) is 6.33 Å². The largest absolute Gasteiger partial charge is 0.378 e. The minimum atomic E-state index is -2.77. The molecule has 2 N–H and O–H groups in total. The van der Waals surface area contributed by atoms with Crippen LogP contribution >= 0.6 is 0 Å². The number of aromatic nitrogens is 6. The Morgan fingerprint density at radius 1 is 1.14 bits per heavy atom. The zero-order valence-corrected chi connectivity index (χ0v) is 23.2. The van der Waals surface area contributed by atoms with Gasteiger partial charge in [0, 0.05) is 32.2 Å². The summed E-state index contributed by atoms with van der Waals surface area (Å²) < 4.78 is 33.9. The Kier molecular flexibility index (Phi) is 8.00. The third-order valence-corrected chi connectivity index (χ3v) is 8.38. The molecule has 2 aliphatic heterocycles. The van der Waals surface area contributed by atoms with Gasteiger partial charge in [0.2, 0.25) is 17.8 Å². The molecule has 3 aromatic heterocycles. The molecule has 1 aliphatic carbocycles. The Morgan fingerprint density at radius 2 is 1.98 bits per heavy atom. The van der Waals surface area contributed by atoms with Gasteiger partial charge in [-0.2, -0.15) is 23.8 Å². The standard InChI is InChI=1S/C27H34F2N10O3/c1-2-22(41)37-6-5-17-11-19(4-3-18(17)14-37)33-21(40)13-30-24-23-25(35-27(34-24)36-7-9-42-10-8-36)38(16-31-23)20-12-32-39(15-20)26(28)29/h2,12,15-19,26H,1,3-11,13-14H2,(H,33,40)(H,30,34,35). The number of likely N-dealkylation sites (tertiary alicyclic amines) is 1. The average molecular weight is 585 g/mol. The van der Waals surface area contributed by atoms with Crippen LogP contribution in [0.1, 0.15) is 32.2 Å². The van der Waals surface area contributed by atoms with Gasteiger partial charge in [-0.05, 0) is 43.6 Å². The van der Waals surface area contributed by atoms with Crippen LogP contribution in [0.4, 0.5) is 20.5 Å². The summed E-state index contributed by atoms with van der Waals surface area (Å²) in [5.74, 6) is 1.55.